The van der Waals surface area contributed by atoms with Gasteiger partial charge in [0.25, 0.3) is 0 Å². The van der Waals surface area contributed by atoms with Gasteiger partial charge in [-0.3, -0.25) is 4.79 Å². The lowest BCUT2D eigenvalue weighted by Gasteiger charge is -2.22. The van der Waals surface area contributed by atoms with Gasteiger partial charge in [-0.25, -0.2) is 0 Å². The molecule has 5 nitrogen and oxygen atoms in total. The summed E-state index contributed by atoms with van der Waals surface area (Å²) < 4.78 is 15.9. The first-order valence-corrected chi connectivity index (χ1v) is 7.28. The molecule has 0 N–H and O–H groups in total. The van der Waals surface area contributed by atoms with Crippen molar-refractivity contribution in [3.63, 3.8) is 0 Å². The normalized spacial score (nSPS) is 15.7. The third kappa shape index (κ3) is 3.18. The zero-order valence-electron chi connectivity index (χ0n) is 12.5. The van der Waals surface area contributed by atoms with E-state index < -0.39 is 5.38 Å². The minimum Gasteiger partial charge on any atom is -0.496 e. The summed E-state index contributed by atoms with van der Waals surface area (Å²) in [5.41, 5.74) is 0.541. The summed E-state index contributed by atoms with van der Waals surface area (Å²) in [6.45, 7) is 1.51. The van der Waals surface area contributed by atoms with E-state index in [1.165, 1.54) is 14.2 Å². The maximum atomic E-state index is 12.5. The van der Waals surface area contributed by atoms with Crippen molar-refractivity contribution in [2.45, 2.75) is 18.2 Å². The molecular weight excluding hydrogens is 294 g/mol. The highest BCUT2D eigenvalue weighted by molar-refractivity contribution is 6.31. The van der Waals surface area contributed by atoms with E-state index in [4.69, 9.17) is 25.8 Å². The molecule has 0 aliphatic carbocycles. The van der Waals surface area contributed by atoms with Crippen molar-refractivity contribution in [1.82, 2.24) is 4.90 Å². The predicted octanol–water partition coefficient (Wildman–Crippen LogP) is 2.61. The molecule has 1 atom stereocenters. The van der Waals surface area contributed by atoms with E-state index in [0.717, 1.165) is 25.9 Å². The maximum absolute atomic E-state index is 12.5. The Labute approximate surface area is 129 Å². The molecule has 1 aromatic carbocycles. The molecule has 0 bridgehead atoms. The van der Waals surface area contributed by atoms with Crippen molar-refractivity contribution >= 4 is 17.5 Å². The number of ether oxygens (including phenoxy) is 3. The first kappa shape index (κ1) is 15.8. The molecule has 0 radical (unpaired) electrons. The van der Waals surface area contributed by atoms with Crippen LogP contribution in [0.15, 0.2) is 12.1 Å². The van der Waals surface area contributed by atoms with Gasteiger partial charge < -0.3 is 19.1 Å². The fourth-order valence-electron chi connectivity index (χ4n) is 2.50. The Balaban J connectivity index is 2.38. The van der Waals surface area contributed by atoms with Crippen LogP contribution >= 0.6 is 11.6 Å². The highest BCUT2D eigenvalue weighted by Crippen LogP contribution is 2.41. The molecule has 1 unspecified atom stereocenters. The van der Waals surface area contributed by atoms with Crippen LogP contribution in [-0.2, 0) is 4.79 Å². The molecule has 0 spiro atoms. The van der Waals surface area contributed by atoms with E-state index >= 15 is 0 Å². The van der Waals surface area contributed by atoms with Crippen LogP contribution in [0.4, 0.5) is 0 Å². The molecule has 116 valence electrons. The van der Waals surface area contributed by atoms with Gasteiger partial charge in [-0.2, -0.15) is 0 Å². The number of carbonyl (C=O) groups excluding carboxylic acids is 1. The van der Waals surface area contributed by atoms with Gasteiger partial charge in [0.15, 0.2) is 0 Å². The first-order valence-electron chi connectivity index (χ1n) is 6.85. The van der Waals surface area contributed by atoms with Crippen molar-refractivity contribution < 1.29 is 19.0 Å². The number of alkyl halides is 1. The number of methoxy groups -OCH3 is 3. The van der Waals surface area contributed by atoms with E-state index in [-0.39, 0.29) is 5.91 Å². The molecule has 1 amide bonds. The second-order valence-corrected chi connectivity index (χ2v) is 5.28. The van der Waals surface area contributed by atoms with Crippen molar-refractivity contribution in [1.29, 1.82) is 0 Å². The molecule has 1 aliphatic heterocycles. The molecule has 0 saturated carbocycles. The summed E-state index contributed by atoms with van der Waals surface area (Å²) in [7, 11) is 4.62. The van der Waals surface area contributed by atoms with Crippen LogP contribution < -0.4 is 14.2 Å². The number of nitrogens with zero attached hydrogens (tertiary/aromatic N) is 1. The average Bonchev–Trinajstić information content (AvgIpc) is 3.06. The third-order valence-corrected chi connectivity index (χ3v) is 4.05. The first-order chi connectivity index (χ1) is 10.1. The third-order valence-electron chi connectivity index (χ3n) is 3.64. The Hall–Kier alpha value is -1.62. The molecule has 1 saturated heterocycles. The molecule has 2 rings (SSSR count). The summed E-state index contributed by atoms with van der Waals surface area (Å²) in [5, 5.41) is -0.834. The Morgan fingerprint density at radius 3 is 2.05 bits per heavy atom. The number of hydrogen-bond donors (Lipinski definition) is 0. The molecule has 1 fully saturated rings. The second kappa shape index (κ2) is 6.89. The Kier molecular flexibility index (Phi) is 5.17. The number of likely N-dealkylation sites (tertiary alicyclic amines) is 1. The Bertz CT molecular complexity index is 489. The molecule has 1 heterocycles. The van der Waals surface area contributed by atoms with Crippen molar-refractivity contribution in [2.24, 2.45) is 0 Å². The SMILES string of the molecule is COc1cc(OC)c(C(Cl)C(=O)N2CCCC2)c(OC)c1. The van der Waals surface area contributed by atoms with E-state index in [1.807, 2.05) is 0 Å². The topological polar surface area (TPSA) is 48.0 Å². The summed E-state index contributed by atoms with van der Waals surface area (Å²) in [6.07, 6.45) is 2.04. The number of rotatable bonds is 5. The fraction of sp³-hybridized carbons (Fsp3) is 0.533. The number of benzene rings is 1. The van der Waals surface area contributed by atoms with Crippen LogP contribution in [0.3, 0.4) is 0 Å². The molecular formula is C15H20ClNO4. The largest absolute Gasteiger partial charge is 0.496 e. The van der Waals surface area contributed by atoms with Gasteiger partial charge in [-0.05, 0) is 12.8 Å². The number of carbonyl (C=O) groups is 1. The van der Waals surface area contributed by atoms with Gasteiger partial charge in [-0.15, -0.1) is 11.6 Å². The highest BCUT2D eigenvalue weighted by Gasteiger charge is 2.31. The fourth-order valence-corrected chi connectivity index (χ4v) is 2.86. The zero-order chi connectivity index (χ0) is 15.4. The zero-order valence-corrected chi connectivity index (χ0v) is 13.3. The number of hydrogen-bond acceptors (Lipinski definition) is 4. The number of halogens is 1. The van der Waals surface area contributed by atoms with Crippen molar-refractivity contribution in [3.8, 4) is 17.2 Å². The minimum atomic E-state index is -0.834. The smallest absolute Gasteiger partial charge is 0.245 e. The quantitative estimate of drug-likeness (QED) is 0.784. The summed E-state index contributed by atoms with van der Waals surface area (Å²) in [5.74, 6) is 1.44. The summed E-state index contributed by atoms with van der Waals surface area (Å²) >= 11 is 6.41. The van der Waals surface area contributed by atoms with E-state index in [1.54, 1.807) is 24.1 Å². The van der Waals surface area contributed by atoms with Crippen LogP contribution in [-0.4, -0.2) is 45.2 Å². The van der Waals surface area contributed by atoms with Gasteiger partial charge in [0.1, 0.15) is 22.6 Å². The molecule has 1 aromatic rings. The van der Waals surface area contributed by atoms with Crippen molar-refractivity contribution in [3.05, 3.63) is 17.7 Å². The molecule has 21 heavy (non-hydrogen) atoms. The lowest BCUT2D eigenvalue weighted by Crippen LogP contribution is -2.31. The lowest BCUT2D eigenvalue weighted by molar-refractivity contribution is -0.129. The summed E-state index contributed by atoms with van der Waals surface area (Å²) in [6, 6.07) is 3.40. The minimum absolute atomic E-state index is 0.115. The Morgan fingerprint density at radius 2 is 1.62 bits per heavy atom. The van der Waals surface area contributed by atoms with Crippen LogP contribution in [0.2, 0.25) is 0 Å². The maximum Gasteiger partial charge on any atom is 0.245 e. The van der Waals surface area contributed by atoms with Crippen LogP contribution in [0.25, 0.3) is 0 Å². The Morgan fingerprint density at radius 1 is 1.10 bits per heavy atom. The predicted molar refractivity (Wildman–Crippen MR) is 80.5 cm³/mol. The van der Waals surface area contributed by atoms with E-state index in [2.05, 4.69) is 0 Å². The van der Waals surface area contributed by atoms with Gasteiger partial charge in [0.2, 0.25) is 5.91 Å². The molecule has 6 heteroatoms. The van der Waals surface area contributed by atoms with Gasteiger partial charge >= 0.3 is 0 Å². The highest BCUT2D eigenvalue weighted by atomic mass is 35.5. The van der Waals surface area contributed by atoms with Crippen LogP contribution in [0.1, 0.15) is 23.8 Å². The van der Waals surface area contributed by atoms with E-state index in [0.29, 0.717) is 22.8 Å². The van der Waals surface area contributed by atoms with Crippen LogP contribution in [0, 0.1) is 0 Å². The van der Waals surface area contributed by atoms with E-state index in [9.17, 15) is 4.79 Å². The monoisotopic (exact) mass is 313 g/mol. The standard InChI is InChI=1S/C15H20ClNO4/c1-19-10-8-11(20-2)13(12(9-10)21-3)14(16)15(18)17-6-4-5-7-17/h8-9,14H,4-7H2,1-3H3. The average molecular weight is 314 g/mol. The van der Waals surface area contributed by atoms with Gasteiger partial charge in [0, 0.05) is 25.2 Å². The van der Waals surface area contributed by atoms with Crippen LogP contribution in [0.5, 0.6) is 17.2 Å². The van der Waals surface area contributed by atoms with Gasteiger partial charge in [-0.1, -0.05) is 0 Å². The lowest BCUT2D eigenvalue weighted by atomic mass is 10.1. The summed E-state index contributed by atoms with van der Waals surface area (Å²) in [4.78, 5) is 14.3. The molecule has 0 aromatic heterocycles. The second-order valence-electron chi connectivity index (χ2n) is 4.84. The van der Waals surface area contributed by atoms with Crippen molar-refractivity contribution in [2.75, 3.05) is 34.4 Å². The number of amides is 1. The molecule has 1 aliphatic rings. The van der Waals surface area contributed by atoms with Gasteiger partial charge in [0.05, 0.1) is 26.9 Å².